The maximum Gasteiger partial charge on any atom is 0.259 e. The Labute approximate surface area is 190 Å². The van der Waals surface area contributed by atoms with E-state index in [1.165, 1.54) is 17.0 Å². The normalized spacial score (nSPS) is 13.5. The average Bonchev–Trinajstić information content (AvgIpc) is 3.00. The highest BCUT2D eigenvalue weighted by Gasteiger charge is 2.25. The predicted molar refractivity (Wildman–Crippen MR) is 127 cm³/mol. The van der Waals surface area contributed by atoms with Crippen molar-refractivity contribution in [1.29, 1.82) is 0 Å². The molecule has 166 valence electrons. The number of methoxy groups -OCH3 is 2. The van der Waals surface area contributed by atoms with Crippen LogP contribution in [0.2, 0.25) is 0 Å². The molecule has 1 N–H and O–H groups in total. The SMILES string of the molecule is COc1ccc(NC(=O)c2c(N=Cc3ccc(F)cc3)sc3c2CCCCC3)c(OC)c1. The van der Waals surface area contributed by atoms with Gasteiger partial charge in [-0.05, 0) is 61.1 Å². The zero-order chi connectivity index (χ0) is 22.5. The summed E-state index contributed by atoms with van der Waals surface area (Å²) in [6, 6.07) is 11.4. The lowest BCUT2D eigenvalue weighted by atomic mass is 10.0. The number of aliphatic imine (C=N–C) groups is 1. The number of amides is 1. The number of benzene rings is 2. The largest absolute Gasteiger partial charge is 0.497 e. The number of carbonyl (C=O) groups excluding carboxylic acids is 1. The fourth-order valence-electron chi connectivity index (χ4n) is 3.82. The van der Waals surface area contributed by atoms with Crippen molar-refractivity contribution in [2.24, 2.45) is 4.99 Å². The molecule has 4 rings (SSSR count). The summed E-state index contributed by atoms with van der Waals surface area (Å²) in [6.07, 6.45) is 6.82. The highest BCUT2D eigenvalue weighted by atomic mass is 32.1. The number of nitrogens with one attached hydrogen (secondary N) is 1. The molecule has 0 atom stereocenters. The number of anilines is 1. The van der Waals surface area contributed by atoms with Gasteiger partial charge in [-0.3, -0.25) is 4.79 Å². The van der Waals surface area contributed by atoms with Crippen molar-refractivity contribution in [3.63, 3.8) is 0 Å². The summed E-state index contributed by atoms with van der Waals surface area (Å²) in [4.78, 5) is 19.3. The van der Waals surface area contributed by atoms with Gasteiger partial charge in [0.1, 0.15) is 22.3 Å². The van der Waals surface area contributed by atoms with Crippen LogP contribution >= 0.6 is 11.3 Å². The first-order valence-electron chi connectivity index (χ1n) is 10.6. The molecule has 0 saturated carbocycles. The molecule has 1 amide bonds. The summed E-state index contributed by atoms with van der Waals surface area (Å²) in [5.74, 6) is 0.668. The van der Waals surface area contributed by atoms with Gasteiger partial charge in [-0.1, -0.05) is 18.6 Å². The van der Waals surface area contributed by atoms with Gasteiger partial charge in [0.05, 0.1) is 25.5 Å². The minimum Gasteiger partial charge on any atom is -0.497 e. The number of ether oxygens (including phenoxy) is 2. The number of aryl methyl sites for hydroxylation is 1. The lowest BCUT2D eigenvalue weighted by molar-refractivity contribution is 0.102. The third kappa shape index (κ3) is 4.83. The second-order valence-corrected chi connectivity index (χ2v) is 8.66. The van der Waals surface area contributed by atoms with Gasteiger partial charge in [-0.2, -0.15) is 0 Å². The predicted octanol–water partition coefficient (Wildman–Crippen LogP) is 6.18. The fraction of sp³-hybridized carbons (Fsp3) is 0.280. The molecule has 0 unspecified atom stereocenters. The Morgan fingerprint density at radius 1 is 1.06 bits per heavy atom. The van der Waals surface area contributed by atoms with Crippen molar-refractivity contribution in [2.75, 3.05) is 19.5 Å². The highest BCUT2D eigenvalue weighted by Crippen LogP contribution is 2.40. The van der Waals surface area contributed by atoms with Crippen LogP contribution in [0.15, 0.2) is 47.5 Å². The van der Waals surface area contributed by atoms with E-state index in [1.807, 2.05) is 0 Å². The molecule has 0 saturated heterocycles. The number of rotatable bonds is 6. The molecule has 1 heterocycles. The Bertz CT molecular complexity index is 1140. The summed E-state index contributed by atoms with van der Waals surface area (Å²) in [7, 11) is 3.14. The zero-order valence-electron chi connectivity index (χ0n) is 18.1. The molecule has 1 aliphatic carbocycles. The van der Waals surface area contributed by atoms with Crippen molar-refractivity contribution in [1.82, 2.24) is 0 Å². The van der Waals surface area contributed by atoms with Crippen LogP contribution in [0.4, 0.5) is 15.1 Å². The van der Waals surface area contributed by atoms with E-state index in [0.717, 1.165) is 43.2 Å². The molecule has 3 aromatic rings. The van der Waals surface area contributed by atoms with Crippen molar-refractivity contribution in [3.8, 4) is 11.5 Å². The van der Waals surface area contributed by atoms with E-state index in [-0.39, 0.29) is 11.7 Å². The molecule has 5 nitrogen and oxygen atoms in total. The van der Waals surface area contributed by atoms with Crippen molar-refractivity contribution in [2.45, 2.75) is 32.1 Å². The number of hydrogen-bond donors (Lipinski definition) is 1. The Morgan fingerprint density at radius 3 is 2.59 bits per heavy atom. The Hall–Kier alpha value is -3.19. The van der Waals surface area contributed by atoms with Gasteiger partial charge in [0.25, 0.3) is 5.91 Å². The molecule has 0 bridgehead atoms. The smallest absolute Gasteiger partial charge is 0.259 e. The molecule has 7 heteroatoms. The minimum absolute atomic E-state index is 0.209. The van der Waals surface area contributed by atoms with E-state index in [0.29, 0.717) is 27.8 Å². The topological polar surface area (TPSA) is 59.9 Å². The Balaban J connectivity index is 1.69. The number of nitrogens with zero attached hydrogens (tertiary/aromatic N) is 1. The molecule has 1 aromatic heterocycles. The average molecular weight is 453 g/mol. The van der Waals surface area contributed by atoms with Crippen LogP contribution < -0.4 is 14.8 Å². The standard InChI is InChI=1S/C25H25FN2O3S/c1-30-18-12-13-20(21(14-18)31-2)28-24(29)23-19-6-4-3-5-7-22(19)32-25(23)27-15-16-8-10-17(26)11-9-16/h8-15H,3-7H2,1-2H3,(H,28,29). The summed E-state index contributed by atoms with van der Waals surface area (Å²) in [6.45, 7) is 0. The van der Waals surface area contributed by atoms with Crippen LogP contribution in [-0.2, 0) is 12.8 Å². The molecule has 32 heavy (non-hydrogen) atoms. The third-order valence-corrected chi connectivity index (χ3v) is 6.69. The van der Waals surface area contributed by atoms with Gasteiger partial charge in [0.15, 0.2) is 0 Å². The van der Waals surface area contributed by atoms with Crippen molar-refractivity contribution < 1.29 is 18.7 Å². The number of halogens is 1. The molecule has 1 aliphatic rings. The zero-order valence-corrected chi connectivity index (χ0v) is 18.9. The van der Waals surface area contributed by atoms with Crippen LogP contribution in [0.1, 0.15) is 45.6 Å². The summed E-state index contributed by atoms with van der Waals surface area (Å²) >= 11 is 1.57. The second kappa shape index (κ2) is 9.96. The first-order chi connectivity index (χ1) is 15.6. The van der Waals surface area contributed by atoms with Crippen LogP contribution in [0.25, 0.3) is 0 Å². The van der Waals surface area contributed by atoms with E-state index in [1.54, 1.807) is 62.1 Å². The monoisotopic (exact) mass is 452 g/mol. The van der Waals surface area contributed by atoms with Crippen LogP contribution in [-0.4, -0.2) is 26.3 Å². The first kappa shape index (κ1) is 22.0. The number of carbonyl (C=O) groups is 1. The maximum atomic E-state index is 13.4. The first-order valence-corrected chi connectivity index (χ1v) is 11.4. The second-order valence-electron chi connectivity index (χ2n) is 7.57. The third-order valence-electron chi connectivity index (χ3n) is 5.49. The van der Waals surface area contributed by atoms with Crippen LogP contribution in [0.5, 0.6) is 11.5 Å². The van der Waals surface area contributed by atoms with E-state index in [2.05, 4.69) is 10.3 Å². The van der Waals surface area contributed by atoms with Gasteiger partial charge < -0.3 is 14.8 Å². The molecular weight excluding hydrogens is 427 g/mol. The fourth-order valence-corrected chi connectivity index (χ4v) is 5.05. The quantitative estimate of drug-likeness (QED) is 0.359. The van der Waals surface area contributed by atoms with E-state index < -0.39 is 0 Å². The Kier molecular flexibility index (Phi) is 6.85. The van der Waals surface area contributed by atoms with Crippen LogP contribution in [0.3, 0.4) is 0 Å². The van der Waals surface area contributed by atoms with E-state index in [9.17, 15) is 9.18 Å². The lowest BCUT2D eigenvalue weighted by Gasteiger charge is -2.12. The summed E-state index contributed by atoms with van der Waals surface area (Å²) < 4.78 is 23.9. The van der Waals surface area contributed by atoms with Gasteiger partial charge in [0, 0.05) is 17.2 Å². The summed E-state index contributed by atoms with van der Waals surface area (Å²) in [5.41, 5.74) is 3.05. The van der Waals surface area contributed by atoms with Gasteiger partial charge in [0.2, 0.25) is 0 Å². The highest BCUT2D eigenvalue weighted by molar-refractivity contribution is 7.16. The number of thiophene rings is 1. The van der Waals surface area contributed by atoms with E-state index in [4.69, 9.17) is 9.47 Å². The molecular formula is C25H25FN2O3S. The minimum atomic E-state index is -0.293. The molecule has 0 radical (unpaired) electrons. The maximum absolute atomic E-state index is 13.4. The van der Waals surface area contributed by atoms with Crippen LogP contribution in [0, 0.1) is 5.82 Å². The van der Waals surface area contributed by atoms with Crippen molar-refractivity contribution in [3.05, 3.63) is 69.8 Å². The summed E-state index contributed by atoms with van der Waals surface area (Å²) in [5, 5.41) is 3.67. The van der Waals surface area contributed by atoms with E-state index >= 15 is 0 Å². The molecule has 0 spiro atoms. The Morgan fingerprint density at radius 2 is 1.84 bits per heavy atom. The molecule has 0 fully saturated rings. The van der Waals surface area contributed by atoms with Gasteiger partial charge >= 0.3 is 0 Å². The number of fused-ring (bicyclic) bond motifs is 1. The lowest BCUT2D eigenvalue weighted by Crippen LogP contribution is -2.14. The van der Waals surface area contributed by atoms with Gasteiger partial charge in [-0.15, -0.1) is 11.3 Å². The molecule has 0 aliphatic heterocycles. The van der Waals surface area contributed by atoms with Gasteiger partial charge in [-0.25, -0.2) is 9.38 Å². The molecule has 2 aromatic carbocycles. The number of hydrogen-bond acceptors (Lipinski definition) is 5. The van der Waals surface area contributed by atoms with Crippen molar-refractivity contribution >= 4 is 34.1 Å².